The molecule has 32 heavy (non-hydrogen) atoms. The van der Waals surface area contributed by atoms with Crippen molar-refractivity contribution in [3.05, 3.63) is 81.8 Å². The van der Waals surface area contributed by atoms with Crippen molar-refractivity contribution in [1.82, 2.24) is 30.3 Å². The molecule has 0 saturated heterocycles. The van der Waals surface area contributed by atoms with Crippen LogP contribution in [0.25, 0.3) is 22.1 Å². The maximum atomic E-state index is 12.6. The highest BCUT2D eigenvalue weighted by molar-refractivity contribution is 6.35. The molecule has 0 bridgehead atoms. The van der Waals surface area contributed by atoms with Gasteiger partial charge in [0.15, 0.2) is 0 Å². The van der Waals surface area contributed by atoms with E-state index < -0.39 is 11.9 Å². The van der Waals surface area contributed by atoms with E-state index in [1.54, 1.807) is 36.4 Å². The number of fused-ring (bicyclic) bond motifs is 2. The van der Waals surface area contributed by atoms with Gasteiger partial charge in [-0.3, -0.25) is 0 Å². The van der Waals surface area contributed by atoms with Gasteiger partial charge in [-0.2, -0.15) is 0 Å². The molecule has 0 aliphatic heterocycles. The summed E-state index contributed by atoms with van der Waals surface area (Å²) >= 11 is 12.1. The Hall–Kier alpha value is -4.02. The molecule has 0 aliphatic carbocycles. The molecule has 2 aromatic heterocycles. The van der Waals surface area contributed by atoms with Gasteiger partial charge >= 0.3 is 11.9 Å². The van der Waals surface area contributed by atoms with Crippen LogP contribution in [-0.2, 0) is 0 Å². The highest BCUT2D eigenvalue weighted by Crippen LogP contribution is 2.21. The maximum absolute atomic E-state index is 12.6. The Morgan fingerprint density at radius 2 is 1.12 bits per heavy atom. The van der Waals surface area contributed by atoms with Crippen LogP contribution in [-0.4, -0.2) is 42.3 Å². The van der Waals surface area contributed by atoms with E-state index in [-0.39, 0.29) is 11.1 Å². The van der Waals surface area contributed by atoms with Gasteiger partial charge in [0, 0.05) is 0 Å². The summed E-state index contributed by atoms with van der Waals surface area (Å²) in [5.74, 6) is -1.52. The molecule has 12 heteroatoms. The van der Waals surface area contributed by atoms with E-state index in [0.29, 0.717) is 32.1 Å². The predicted molar refractivity (Wildman–Crippen MR) is 113 cm³/mol. The second-order valence-corrected chi connectivity index (χ2v) is 7.29. The molecule has 5 aromatic rings. The number of hydrogen-bond donors (Lipinski definition) is 0. The van der Waals surface area contributed by atoms with E-state index in [4.69, 9.17) is 32.9 Å². The first kappa shape index (κ1) is 19.9. The Bertz CT molecular complexity index is 1400. The Labute approximate surface area is 188 Å². The lowest BCUT2D eigenvalue weighted by Gasteiger charge is -2.06. The molecular weight excluding hydrogens is 459 g/mol. The van der Waals surface area contributed by atoms with Crippen LogP contribution in [0.5, 0.6) is 0 Å². The van der Waals surface area contributed by atoms with Gasteiger partial charge in [0.1, 0.15) is 22.1 Å². The molecule has 0 amide bonds. The van der Waals surface area contributed by atoms with Crippen LogP contribution in [0.3, 0.4) is 0 Å². The SMILES string of the molecule is O=C(On1nnc2c(Cl)cccc21)c1cccc(C(=O)On2nnc3c(Cl)cccc32)c1. The molecule has 0 aliphatic rings. The van der Waals surface area contributed by atoms with E-state index in [1.807, 2.05) is 0 Å². The second-order valence-electron chi connectivity index (χ2n) is 6.48. The molecule has 10 nitrogen and oxygen atoms in total. The number of carbonyl (C=O) groups excluding carboxylic acids is 2. The van der Waals surface area contributed by atoms with Crippen molar-refractivity contribution in [2.45, 2.75) is 0 Å². The average Bonchev–Trinajstić information content (AvgIpc) is 3.40. The van der Waals surface area contributed by atoms with Crippen molar-refractivity contribution in [2.75, 3.05) is 0 Å². The van der Waals surface area contributed by atoms with E-state index in [0.717, 1.165) is 9.69 Å². The molecule has 3 aromatic carbocycles. The Kier molecular flexibility index (Phi) is 4.92. The van der Waals surface area contributed by atoms with Gasteiger partial charge in [0.2, 0.25) is 0 Å². The highest BCUT2D eigenvalue weighted by atomic mass is 35.5. The van der Waals surface area contributed by atoms with Crippen molar-refractivity contribution >= 4 is 57.2 Å². The highest BCUT2D eigenvalue weighted by Gasteiger charge is 2.18. The summed E-state index contributed by atoms with van der Waals surface area (Å²) in [6.45, 7) is 0. The Morgan fingerprint density at radius 1 is 0.688 bits per heavy atom. The number of benzene rings is 3. The molecule has 0 radical (unpaired) electrons. The van der Waals surface area contributed by atoms with Crippen LogP contribution in [0.2, 0.25) is 10.0 Å². The molecule has 0 saturated carbocycles. The van der Waals surface area contributed by atoms with E-state index in [1.165, 1.54) is 24.3 Å². The molecule has 158 valence electrons. The number of aromatic nitrogens is 6. The molecule has 2 heterocycles. The molecular formula is C20H10Cl2N6O4. The standard InChI is InChI=1S/C20H10Cl2N6O4/c21-13-6-2-8-15-17(13)23-25-27(15)31-19(29)11-4-1-5-12(10-11)20(30)32-28-16-9-3-7-14(22)18(16)24-26-28/h1-10H. The van der Waals surface area contributed by atoms with Crippen LogP contribution in [0, 0.1) is 0 Å². The van der Waals surface area contributed by atoms with Crippen molar-refractivity contribution in [2.24, 2.45) is 0 Å². The maximum Gasteiger partial charge on any atom is 0.365 e. The fourth-order valence-electron chi connectivity index (χ4n) is 2.95. The summed E-state index contributed by atoms with van der Waals surface area (Å²) in [5, 5.41) is 16.1. The number of hydrogen-bond acceptors (Lipinski definition) is 8. The van der Waals surface area contributed by atoms with Gasteiger partial charge in [-0.15, -0.1) is 10.2 Å². The summed E-state index contributed by atoms with van der Waals surface area (Å²) in [6, 6.07) is 15.7. The van der Waals surface area contributed by atoms with Gasteiger partial charge in [-0.1, -0.05) is 51.1 Å². The smallest absolute Gasteiger partial charge is 0.312 e. The van der Waals surface area contributed by atoms with Crippen molar-refractivity contribution in [3.63, 3.8) is 0 Å². The lowest BCUT2D eigenvalue weighted by Crippen LogP contribution is -2.23. The second kappa shape index (κ2) is 7.91. The number of rotatable bonds is 4. The number of carbonyl (C=O) groups is 2. The largest absolute Gasteiger partial charge is 0.365 e. The van der Waals surface area contributed by atoms with Crippen molar-refractivity contribution < 1.29 is 19.3 Å². The van der Waals surface area contributed by atoms with E-state index in [9.17, 15) is 9.59 Å². The quantitative estimate of drug-likeness (QED) is 0.369. The minimum atomic E-state index is -0.760. The minimum absolute atomic E-state index is 0.0941. The molecule has 0 unspecified atom stereocenters. The number of nitrogens with zero attached hydrogens (tertiary/aromatic N) is 6. The summed E-state index contributed by atoms with van der Waals surface area (Å²) in [6.07, 6.45) is 0. The molecule has 0 spiro atoms. The minimum Gasteiger partial charge on any atom is -0.312 e. The zero-order valence-corrected chi connectivity index (χ0v) is 17.4. The fourth-order valence-corrected chi connectivity index (χ4v) is 3.37. The average molecular weight is 469 g/mol. The van der Waals surface area contributed by atoms with Gasteiger partial charge in [0.25, 0.3) is 0 Å². The predicted octanol–water partition coefficient (Wildman–Crippen LogP) is 3.02. The first-order valence-corrected chi connectivity index (χ1v) is 9.82. The molecule has 0 fully saturated rings. The third kappa shape index (κ3) is 3.51. The lowest BCUT2D eigenvalue weighted by molar-refractivity contribution is 0.0406. The fraction of sp³-hybridized carbons (Fsp3) is 0. The van der Waals surface area contributed by atoms with E-state index in [2.05, 4.69) is 20.6 Å². The zero-order chi connectivity index (χ0) is 22.2. The first-order valence-electron chi connectivity index (χ1n) is 9.06. The Morgan fingerprint density at radius 3 is 1.59 bits per heavy atom. The monoisotopic (exact) mass is 468 g/mol. The van der Waals surface area contributed by atoms with Gasteiger partial charge in [0.05, 0.1) is 21.2 Å². The lowest BCUT2D eigenvalue weighted by atomic mass is 10.1. The molecule has 5 rings (SSSR count). The van der Waals surface area contributed by atoms with Gasteiger partial charge in [-0.05, 0) is 52.9 Å². The third-order valence-corrected chi connectivity index (χ3v) is 5.08. The van der Waals surface area contributed by atoms with Crippen LogP contribution in [0.15, 0.2) is 60.7 Å². The van der Waals surface area contributed by atoms with Gasteiger partial charge in [-0.25, -0.2) is 9.59 Å². The normalized spacial score (nSPS) is 11.1. The number of halogens is 2. The topological polar surface area (TPSA) is 114 Å². The van der Waals surface area contributed by atoms with Crippen LogP contribution in [0.1, 0.15) is 20.7 Å². The third-order valence-electron chi connectivity index (χ3n) is 4.47. The summed E-state index contributed by atoms with van der Waals surface area (Å²) in [4.78, 5) is 37.7. The zero-order valence-electron chi connectivity index (χ0n) is 15.8. The first-order chi connectivity index (χ1) is 15.5. The van der Waals surface area contributed by atoms with Crippen LogP contribution in [0.4, 0.5) is 0 Å². The van der Waals surface area contributed by atoms with Crippen molar-refractivity contribution in [3.8, 4) is 0 Å². The molecule has 0 N–H and O–H groups in total. The summed E-state index contributed by atoms with van der Waals surface area (Å²) in [5.41, 5.74) is 1.79. The van der Waals surface area contributed by atoms with Crippen molar-refractivity contribution in [1.29, 1.82) is 0 Å². The summed E-state index contributed by atoms with van der Waals surface area (Å²) < 4.78 is 0. The van der Waals surface area contributed by atoms with E-state index >= 15 is 0 Å². The van der Waals surface area contributed by atoms with Crippen LogP contribution >= 0.6 is 23.2 Å². The summed E-state index contributed by atoms with van der Waals surface area (Å²) in [7, 11) is 0. The van der Waals surface area contributed by atoms with Gasteiger partial charge < -0.3 is 9.68 Å². The molecule has 0 atom stereocenters. The Balaban J connectivity index is 1.37. The van der Waals surface area contributed by atoms with Crippen LogP contribution < -0.4 is 9.68 Å².